The van der Waals surface area contributed by atoms with Gasteiger partial charge in [0, 0.05) is 19.1 Å². The Morgan fingerprint density at radius 1 is 0.857 bits per heavy atom. The molecule has 4 fully saturated rings. The molecule has 0 spiro atoms. The van der Waals surface area contributed by atoms with Crippen LogP contribution in [-0.2, 0) is 4.74 Å². The van der Waals surface area contributed by atoms with E-state index in [2.05, 4.69) is 67.3 Å². The molecule has 0 N–H and O–H groups in total. The molecule has 7 atom stereocenters. The summed E-state index contributed by atoms with van der Waals surface area (Å²) >= 11 is 0. The van der Waals surface area contributed by atoms with Crippen LogP contribution in [0.1, 0.15) is 70.8 Å². The summed E-state index contributed by atoms with van der Waals surface area (Å²) in [5.74, 6) is 3.64. The van der Waals surface area contributed by atoms with Crippen LogP contribution < -0.4 is 0 Å². The number of rotatable bonds is 2. The number of allylic oxidation sites excluding steroid dienone is 2. The van der Waals surface area contributed by atoms with Crippen molar-refractivity contribution in [2.45, 2.75) is 71.3 Å². The van der Waals surface area contributed by atoms with E-state index in [1.807, 2.05) is 0 Å². The first-order chi connectivity index (χ1) is 17.1. The van der Waals surface area contributed by atoms with Gasteiger partial charge in [-0.1, -0.05) is 56.3 Å². The Morgan fingerprint density at radius 3 is 2.54 bits per heavy atom. The largest absolute Gasteiger partial charge is 0.379 e. The van der Waals surface area contributed by atoms with Crippen molar-refractivity contribution in [1.82, 2.24) is 4.90 Å². The monoisotopic (exact) mass is 469 g/mol. The first kappa shape index (κ1) is 22.5. The maximum absolute atomic E-state index is 5.65. The van der Waals surface area contributed by atoms with Crippen LogP contribution in [0.5, 0.6) is 0 Å². The Balaban J connectivity index is 1.12. The highest BCUT2D eigenvalue weighted by molar-refractivity contribution is 5.87. The summed E-state index contributed by atoms with van der Waals surface area (Å²) in [5.41, 5.74) is 4.07. The number of ether oxygens (including phenoxy) is 1. The molecular weight excluding hydrogens is 426 g/mol. The molecule has 2 heteroatoms. The fourth-order valence-corrected chi connectivity index (χ4v) is 9.88. The molecule has 2 nitrogen and oxygen atoms in total. The van der Waals surface area contributed by atoms with Crippen LogP contribution in [0, 0.1) is 34.5 Å². The lowest BCUT2D eigenvalue weighted by atomic mass is 9.44. The number of benzene rings is 2. The van der Waals surface area contributed by atoms with E-state index < -0.39 is 0 Å². The highest BCUT2D eigenvalue weighted by Crippen LogP contribution is 2.67. The Kier molecular flexibility index (Phi) is 5.45. The second-order valence-electron chi connectivity index (χ2n) is 13.1. The minimum Gasteiger partial charge on any atom is -0.379 e. The molecule has 0 radical (unpaired) electrons. The fraction of sp³-hybridized carbons (Fsp3) is 0.636. The molecule has 0 aromatic heterocycles. The Labute approximate surface area is 212 Å². The molecule has 186 valence electrons. The van der Waals surface area contributed by atoms with Crippen molar-refractivity contribution in [3.63, 3.8) is 0 Å². The summed E-state index contributed by atoms with van der Waals surface area (Å²) in [4.78, 5) is 2.77. The molecule has 1 saturated heterocycles. The normalized spacial score (nSPS) is 41.7. The molecule has 0 amide bonds. The van der Waals surface area contributed by atoms with Gasteiger partial charge in [-0.15, -0.1) is 0 Å². The van der Waals surface area contributed by atoms with E-state index in [1.54, 1.807) is 5.57 Å². The van der Waals surface area contributed by atoms with E-state index in [9.17, 15) is 0 Å². The van der Waals surface area contributed by atoms with Crippen molar-refractivity contribution in [3.05, 3.63) is 54.1 Å². The van der Waals surface area contributed by atoms with Gasteiger partial charge < -0.3 is 4.74 Å². The lowest BCUT2D eigenvalue weighted by Crippen LogP contribution is -2.56. The Bertz CT molecular complexity index is 1130. The molecule has 0 bridgehead atoms. The molecule has 0 unspecified atom stereocenters. The number of nitrogens with zero attached hydrogens (tertiary/aromatic N) is 1. The summed E-state index contributed by atoms with van der Waals surface area (Å²) in [6.45, 7) is 9.55. The third kappa shape index (κ3) is 3.50. The van der Waals surface area contributed by atoms with Crippen molar-refractivity contribution >= 4 is 16.3 Å². The summed E-state index contributed by atoms with van der Waals surface area (Å²) in [6, 6.07) is 16.9. The van der Waals surface area contributed by atoms with Gasteiger partial charge in [-0.3, -0.25) is 4.90 Å². The van der Waals surface area contributed by atoms with Crippen molar-refractivity contribution in [3.8, 4) is 0 Å². The molecule has 1 aliphatic heterocycles. The van der Waals surface area contributed by atoms with Gasteiger partial charge in [-0.2, -0.15) is 0 Å². The fourth-order valence-electron chi connectivity index (χ4n) is 9.88. The summed E-state index contributed by atoms with van der Waals surface area (Å²) in [7, 11) is 0. The van der Waals surface area contributed by atoms with E-state index in [4.69, 9.17) is 4.74 Å². The molecule has 7 rings (SSSR count). The van der Waals surface area contributed by atoms with Crippen molar-refractivity contribution in [2.24, 2.45) is 34.5 Å². The predicted molar refractivity (Wildman–Crippen MR) is 145 cm³/mol. The second-order valence-corrected chi connectivity index (χ2v) is 13.1. The molecule has 35 heavy (non-hydrogen) atoms. The zero-order valence-electron chi connectivity index (χ0n) is 21.8. The van der Waals surface area contributed by atoms with Crippen LogP contribution in [0.4, 0.5) is 0 Å². The van der Waals surface area contributed by atoms with Gasteiger partial charge in [-0.05, 0) is 114 Å². The van der Waals surface area contributed by atoms with E-state index in [1.165, 1.54) is 67.7 Å². The van der Waals surface area contributed by atoms with Gasteiger partial charge in [0.25, 0.3) is 0 Å². The number of hydrogen-bond donors (Lipinski definition) is 0. The van der Waals surface area contributed by atoms with Crippen molar-refractivity contribution in [2.75, 3.05) is 26.3 Å². The van der Waals surface area contributed by atoms with Crippen LogP contribution in [0.25, 0.3) is 16.3 Å². The SMILES string of the molecule is C[C@]12CC[C@H](N3CCOCC3)C[C@@H]1CC[C@@H]1[C@@H]2CC[C@]2(C)C(c3ccc4ccccc4c3)=CC[C@@H]12. The Morgan fingerprint density at radius 2 is 1.69 bits per heavy atom. The lowest BCUT2D eigenvalue weighted by Gasteiger charge is -2.61. The highest BCUT2D eigenvalue weighted by atomic mass is 16.5. The third-order valence-electron chi connectivity index (χ3n) is 11.8. The van der Waals surface area contributed by atoms with Crippen LogP contribution in [0.3, 0.4) is 0 Å². The van der Waals surface area contributed by atoms with Gasteiger partial charge in [0.1, 0.15) is 0 Å². The van der Waals surface area contributed by atoms with Gasteiger partial charge in [0.15, 0.2) is 0 Å². The van der Waals surface area contributed by atoms with Gasteiger partial charge >= 0.3 is 0 Å². The smallest absolute Gasteiger partial charge is 0.0594 e. The summed E-state index contributed by atoms with van der Waals surface area (Å²) in [6.07, 6.45) is 14.0. The number of morpholine rings is 1. The van der Waals surface area contributed by atoms with Gasteiger partial charge in [0.2, 0.25) is 0 Å². The van der Waals surface area contributed by atoms with Crippen molar-refractivity contribution in [1.29, 1.82) is 0 Å². The van der Waals surface area contributed by atoms with Crippen LogP contribution in [0.15, 0.2) is 48.5 Å². The quantitative estimate of drug-likeness (QED) is 0.449. The Hall–Kier alpha value is -1.64. The maximum atomic E-state index is 5.65. The first-order valence-corrected chi connectivity index (χ1v) is 14.6. The van der Waals surface area contributed by atoms with Crippen LogP contribution in [-0.4, -0.2) is 37.2 Å². The molecule has 1 heterocycles. The number of hydrogen-bond acceptors (Lipinski definition) is 2. The number of fused-ring (bicyclic) bond motifs is 6. The minimum absolute atomic E-state index is 0.359. The van der Waals surface area contributed by atoms with E-state index in [0.717, 1.165) is 56.0 Å². The predicted octanol–water partition coefficient (Wildman–Crippen LogP) is 7.58. The zero-order valence-corrected chi connectivity index (χ0v) is 21.8. The van der Waals surface area contributed by atoms with Gasteiger partial charge in [0.05, 0.1) is 13.2 Å². The maximum Gasteiger partial charge on any atom is 0.0594 e. The second kappa shape index (κ2) is 8.45. The van der Waals surface area contributed by atoms with E-state index in [-0.39, 0.29) is 0 Å². The van der Waals surface area contributed by atoms with E-state index in [0.29, 0.717) is 10.8 Å². The summed E-state index contributed by atoms with van der Waals surface area (Å²) in [5, 5.41) is 2.75. The molecular formula is C33H43NO. The molecule has 3 saturated carbocycles. The molecule has 2 aromatic carbocycles. The highest BCUT2D eigenvalue weighted by Gasteiger charge is 2.58. The zero-order chi connectivity index (χ0) is 23.6. The first-order valence-electron chi connectivity index (χ1n) is 14.6. The average Bonchev–Trinajstić information content (AvgIpc) is 3.25. The third-order valence-corrected chi connectivity index (χ3v) is 11.8. The molecule has 4 aliphatic carbocycles. The summed E-state index contributed by atoms with van der Waals surface area (Å²) < 4.78 is 5.65. The topological polar surface area (TPSA) is 12.5 Å². The van der Waals surface area contributed by atoms with E-state index >= 15 is 0 Å². The minimum atomic E-state index is 0.359. The average molecular weight is 470 g/mol. The standard InChI is InChI=1S/C33H43NO/c1-32-15-13-27(34-17-19-35-20-18-34)22-26(32)9-10-28-30-12-11-29(33(30,2)16-14-31(28)32)25-8-7-23-5-3-4-6-24(23)21-25/h3-8,11,21,26-28,30-31H,9-10,12-20,22H2,1-2H3/t26-,27-,28-,30-,31-,32-,33+/m0/s1. The molecule has 2 aromatic rings. The van der Waals surface area contributed by atoms with Crippen LogP contribution in [0.2, 0.25) is 0 Å². The lowest BCUT2D eigenvalue weighted by molar-refractivity contribution is -0.113. The van der Waals surface area contributed by atoms with Crippen LogP contribution >= 0.6 is 0 Å². The van der Waals surface area contributed by atoms with Gasteiger partial charge in [-0.25, -0.2) is 0 Å². The molecule has 5 aliphatic rings. The van der Waals surface area contributed by atoms with Crippen molar-refractivity contribution < 1.29 is 4.74 Å².